The molecule has 0 aromatic carbocycles. The highest BCUT2D eigenvalue weighted by Gasteiger charge is 2.50. The number of carboxylic acid groups (broad SMARTS) is 1. The second kappa shape index (κ2) is 1.95. The van der Waals surface area contributed by atoms with Crippen molar-refractivity contribution in [1.29, 1.82) is 0 Å². The fraction of sp³-hybridized carbons (Fsp3) is 0.857. The smallest absolute Gasteiger partial charge is 0.309 e. The van der Waals surface area contributed by atoms with E-state index in [-0.39, 0.29) is 18.1 Å². The zero-order chi connectivity index (χ0) is 7.14. The number of hydrogen-bond acceptors (Lipinski definition) is 2. The molecular weight excluding hydrogens is 132 g/mol. The van der Waals surface area contributed by atoms with Gasteiger partial charge in [-0.15, -0.1) is 0 Å². The maximum Gasteiger partial charge on any atom is 0.309 e. The third kappa shape index (κ3) is 0.814. The van der Waals surface area contributed by atoms with Gasteiger partial charge in [0.1, 0.15) is 0 Å². The summed E-state index contributed by atoms with van der Waals surface area (Å²) >= 11 is 0. The molecule has 1 aliphatic heterocycles. The zero-order valence-corrected chi connectivity index (χ0v) is 5.62. The van der Waals surface area contributed by atoms with E-state index in [1.54, 1.807) is 0 Å². The predicted octanol–water partition coefficient (Wildman–Crippen LogP) is 0.639. The van der Waals surface area contributed by atoms with Crippen LogP contribution in [0.5, 0.6) is 0 Å². The topological polar surface area (TPSA) is 49.8 Å². The summed E-state index contributed by atoms with van der Waals surface area (Å²) in [7, 11) is 0. The average Bonchev–Trinajstić information content (AvgIpc) is 2.63. The third-order valence-electron chi connectivity index (χ3n) is 2.34. The van der Waals surface area contributed by atoms with Crippen molar-refractivity contribution in [1.82, 2.24) is 0 Å². The minimum Gasteiger partial charge on any atom is -0.481 e. The van der Waals surface area contributed by atoms with Gasteiger partial charge in [0, 0.05) is 0 Å². The van der Waals surface area contributed by atoms with Crippen LogP contribution < -0.4 is 0 Å². The van der Waals surface area contributed by atoms with Crippen LogP contribution >= 0.6 is 0 Å². The van der Waals surface area contributed by atoms with E-state index in [4.69, 9.17) is 9.84 Å². The zero-order valence-electron chi connectivity index (χ0n) is 5.62. The lowest BCUT2D eigenvalue weighted by Gasteiger charge is -2.12. The van der Waals surface area contributed by atoms with Crippen LogP contribution in [0.15, 0.2) is 0 Å². The Balaban J connectivity index is 2.02. The van der Waals surface area contributed by atoms with E-state index >= 15 is 0 Å². The number of aliphatic carboxylic acids is 1. The summed E-state index contributed by atoms with van der Waals surface area (Å²) in [5.41, 5.74) is 0. The largest absolute Gasteiger partial charge is 0.481 e. The summed E-state index contributed by atoms with van der Waals surface area (Å²) in [6.07, 6.45) is 3.23. The van der Waals surface area contributed by atoms with Crippen molar-refractivity contribution in [2.45, 2.75) is 31.5 Å². The molecule has 0 aromatic rings. The fourth-order valence-corrected chi connectivity index (χ4v) is 1.71. The molecule has 0 aromatic heterocycles. The molecule has 2 fully saturated rings. The maximum absolute atomic E-state index is 10.5. The molecule has 10 heavy (non-hydrogen) atoms. The first-order chi connectivity index (χ1) is 4.79. The Bertz CT molecular complexity index is 166. The van der Waals surface area contributed by atoms with Gasteiger partial charge in [-0.2, -0.15) is 0 Å². The van der Waals surface area contributed by atoms with Gasteiger partial charge in [-0.1, -0.05) is 0 Å². The molecule has 2 rings (SSSR count). The Kier molecular flexibility index (Phi) is 1.20. The number of carboxylic acids is 1. The molecule has 1 saturated carbocycles. The quantitative estimate of drug-likeness (QED) is 0.546. The first kappa shape index (κ1) is 6.16. The molecule has 0 bridgehead atoms. The molecule has 3 heteroatoms. The van der Waals surface area contributed by atoms with Crippen LogP contribution in [0.4, 0.5) is 0 Å². The fourth-order valence-electron chi connectivity index (χ4n) is 1.71. The molecule has 1 saturated heterocycles. The monoisotopic (exact) mass is 142 g/mol. The Morgan fingerprint density at radius 2 is 2.30 bits per heavy atom. The number of epoxide rings is 1. The van der Waals surface area contributed by atoms with E-state index in [1.807, 2.05) is 0 Å². The lowest BCUT2D eigenvalue weighted by atomic mass is 9.89. The van der Waals surface area contributed by atoms with Crippen molar-refractivity contribution < 1.29 is 14.6 Å². The summed E-state index contributed by atoms with van der Waals surface area (Å²) in [6, 6.07) is 0. The number of ether oxygens (including phenoxy) is 1. The lowest BCUT2D eigenvalue weighted by molar-refractivity contribution is -0.142. The van der Waals surface area contributed by atoms with E-state index in [1.165, 1.54) is 0 Å². The molecule has 1 N–H and O–H groups in total. The summed E-state index contributed by atoms with van der Waals surface area (Å²) in [4.78, 5) is 10.5. The van der Waals surface area contributed by atoms with Crippen molar-refractivity contribution in [3.63, 3.8) is 0 Å². The van der Waals surface area contributed by atoms with Crippen LogP contribution in [0.25, 0.3) is 0 Å². The summed E-state index contributed by atoms with van der Waals surface area (Å²) in [5, 5.41) is 8.66. The molecule has 56 valence electrons. The van der Waals surface area contributed by atoms with Crippen molar-refractivity contribution >= 4 is 5.97 Å². The molecular formula is C7H10O3. The Hall–Kier alpha value is -0.570. The third-order valence-corrected chi connectivity index (χ3v) is 2.34. The standard InChI is InChI=1S/C7H10O3/c8-7(9)4-2-1-3-5-6(4)10-5/h4-6H,1-3H2,(H,8,9). The number of fused-ring (bicyclic) bond motifs is 1. The van der Waals surface area contributed by atoms with E-state index in [0.717, 1.165) is 19.3 Å². The second-order valence-corrected chi connectivity index (χ2v) is 3.01. The normalized spacial score (nSPS) is 44.2. The highest BCUT2D eigenvalue weighted by molar-refractivity contribution is 5.71. The summed E-state index contributed by atoms with van der Waals surface area (Å²) in [6.45, 7) is 0. The number of rotatable bonds is 1. The molecule has 1 aliphatic carbocycles. The summed E-state index contributed by atoms with van der Waals surface area (Å²) in [5.74, 6) is -0.897. The van der Waals surface area contributed by atoms with Gasteiger partial charge >= 0.3 is 5.97 Å². The van der Waals surface area contributed by atoms with E-state index in [9.17, 15) is 4.79 Å². The van der Waals surface area contributed by atoms with Gasteiger partial charge in [0.05, 0.1) is 18.1 Å². The van der Waals surface area contributed by atoms with Crippen LogP contribution in [-0.4, -0.2) is 23.3 Å². The van der Waals surface area contributed by atoms with Gasteiger partial charge in [-0.3, -0.25) is 4.79 Å². The highest BCUT2D eigenvalue weighted by atomic mass is 16.6. The van der Waals surface area contributed by atoms with Crippen LogP contribution in [0, 0.1) is 5.92 Å². The van der Waals surface area contributed by atoms with Gasteiger partial charge in [0.25, 0.3) is 0 Å². The minimum absolute atomic E-state index is 0.0613. The van der Waals surface area contributed by atoms with Crippen molar-refractivity contribution in [3.05, 3.63) is 0 Å². The highest BCUT2D eigenvalue weighted by Crippen LogP contribution is 2.40. The molecule has 0 amide bonds. The van der Waals surface area contributed by atoms with Crippen LogP contribution in [-0.2, 0) is 9.53 Å². The van der Waals surface area contributed by atoms with Gasteiger partial charge in [-0.05, 0) is 19.3 Å². The first-order valence-electron chi connectivity index (χ1n) is 3.67. The Morgan fingerprint density at radius 1 is 1.50 bits per heavy atom. The molecule has 3 nitrogen and oxygen atoms in total. The number of hydrogen-bond donors (Lipinski definition) is 1. The predicted molar refractivity (Wildman–Crippen MR) is 33.6 cm³/mol. The Labute approximate surface area is 59.0 Å². The molecule has 3 atom stereocenters. The Morgan fingerprint density at radius 3 is 2.90 bits per heavy atom. The lowest BCUT2D eigenvalue weighted by Crippen LogP contribution is -2.24. The minimum atomic E-state index is -0.688. The van der Waals surface area contributed by atoms with Crippen LogP contribution in [0.1, 0.15) is 19.3 Å². The maximum atomic E-state index is 10.5. The van der Waals surface area contributed by atoms with Gasteiger partial charge in [0.2, 0.25) is 0 Å². The number of carbonyl (C=O) groups is 1. The van der Waals surface area contributed by atoms with Crippen LogP contribution in [0.2, 0.25) is 0 Å². The van der Waals surface area contributed by atoms with E-state index in [0.29, 0.717) is 0 Å². The van der Waals surface area contributed by atoms with Crippen molar-refractivity contribution in [2.75, 3.05) is 0 Å². The average molecular weight is 142 g/mol. The van der Waals surface area contributed by atoms with Gasteiger partial charge < -0.3 is 9.84 Å². The molecule has 2 aliphatic rings. The van der Waals surface area contributed by atoms with Gasteiger partial charge in [0.15, 0.2) is 0 Å². The first-order valence-corrected chi connectivity index (χ1v) is 3.67. The van der Waals surface area contributed by atoms with E-state index < -0.39 is 5.97 Å². The van der Waals surface area contributed by atoms with Crippen molar-refractivity contribution in [3.8, 4) is 0 Å². The molecule has 0 radical (unpaired) electrons. The SMILES string of the molecule is O=C(O)C1CCCC2OC21. The second-order valence-electron chi connectivity index (χ2n) is 3.01. The van der Waals surface area contributed by atoms with Crippen molar-refractivity contribution in [2.24, 2.45) is 5.92 Å². The molecule has 1 heterocycles. The van der Waals surface area contributed by atoms with E-state index in [2.05, 4.69) is 0 Å². The summed E-state index contributed by atoms with van der Waals surface area (Å²) < 4.78 is 5.17. The van der Waals surface area contributed by atoms with Gasteiger partial charge in [-0.25, -0.2) is 0 Å². The molecule has 0 spiro atoms. The van der Waals surface area contributed by atoms with Crippen LogP contribution in [0.3, 0.4) is 0 Å². The molecule has 3 unspecified atom stereocenters.